The van der Waals surface area contributed by atoms with Crippen molar-refractivity contribution in [1.29, 1.82) is 0 Å². The van der Waals surface area contributed by atoms with Crippen molar-refractivity contribution >= 4 is 39.9 Å². The lowest BCUT2D eigenvalue weighted by molar-refractivity contribution is -0.113. The van der Waals surface area contributed by atoms with Crippen molar-refractivity contribution in [3.8, 4) is 11.5 Å². The molecule has 1 aromatic carbocycles. The zero-order valence-electron chi connectivity index (χ0n) is 15.9. The molecule has 4 rings (SSSR count). The van der Waals surface area contributed by atoms with Crippen LogP contribution in [0.5, 0.6) is 0 Å². The summed E-state index contributed by atoms with van der Waals surface area (Å²) in [5.74, 6) is -0.229. The van der Waals surface area contributed by atoms with Gasteiger partial charge in [-0.05, 0) is 50.3 Å². The van der Waals surface area contributed by atoms with Crippen LogP contribution >= 0.6 is 23.1 Å². The number of benzene rings is 1. The third-order valence-electron chi connectivity index (χ3n) is 4.67. The normalized spacial score (nSPS) is 13.1. The second-order valence-corrected chi connectivity index (χ2v) is 8.89. The van der Waals surface area contributed by atoms with Crippen LogP contribution in [0.25, 0.3) is 11.5 Å². The van der Waals surface area contributed by atoms with Gasteiger partial charge in [-0.3, -0.25) is 9.59 Å². The maximum absolute atomic E-state index is 12.4. The number of thioether (sulfide) groups is 1. The monoisotopic (exact) mass is 428 g/mol. The van der Waals surface area contributed by atoms with Gasteiger partial charge in [0.05, 0.1) is 11.3 Å². The Balaban J connectivity index is 1.41. The van der Waals surface area contributed by atoms with Crippen LogP contribution in [0, 0.1) is 6.92 Å². The summed E-state index contributed by atoms with van der Waals surface area (Å²) in [4.78, 5) is 25.5. The number of nitrogens with two attached hydrogens (primary N) is 1. The molecule has 0 radical (unpaired) electrons. The van der Waals surface area contributed by atoms with Gasteiger partial charge in [0, 0.05) is 10.4 Å². The quantitative estimate of drug-likeness (QED) is 0.578. The summed E-state index contributed by atoms with van der Waals surface area (Å²) in [5.41, 5.74) is 8.96. The minimum absolute atomic E-state index is 0.0935. The number of carbonyl (C=O) groups is 2. The van der Waals surface area contributed by atoms with E-state index in [1.165, 1.54) is 11.3 Å². The van der Waals surface area contributed by atoms with E-state index in [0.717, 1.165) is 59.0 Å². The molecular formula is C20H20N4O3S2. The second-order valence-electron chi connectivity index (χ2n) is 6.86. The molecule has 0 spiro atoms. The lowest BCUT2D eigenvalue weighted by atomic mass is 9.95. The third kappa shape index (κ3) is 4.35. The van der Waals surface area contributed by atoms with Crippen molar-refractivity contribution in [3.63, 3.8) is 0 Å². The molecule has 0 atom stereocenters. The van der Waals surface area contributed by atoms with Crippen molar-refractivity contribution in [2.45, 2.75) is 37.8 Å². The van der Waals surface area contributed by atoms with Gasteiger partial charge in [-0.25, -0.2) is 0 Å². The first kappa shape index (κ1) is 19.7. The van der Waals surface area contributed by atoms with Crippen molar-refractivity contribution in [1.82, 2.24) is 10.2 Å². The summed E-state index contributed by atoms with van der Waals surface area (Å²) in [6.45, 7) is 1.99. The average Bonchev–Trinajstić information content (AvgIpc) is 3.30. The van der Waals surface area contributed by atoms with Gasteiger partial charge in [0.25, 0.3) is 11.1 Å². The molecule has 0 aliphatic heterocycles. The number of carbonyl (C=O) groups excluding carboxylic acids is 2. The predicted octanol–water partition coefficient (Wildman–Crippen LogP) is 3.82. The molecular weight excluding hydrogens is 408 g/mol. The van der Waals surface area contributed by atoms with Gasteiger partial charge in [0.15, 0.2) is 0 Å². The molecule has 3 N–H and O–H groups in total. The van der Waals surface area contributed by atoms with E-state index in [2.05, 4.69) is 15.5 Å². The zero-order chi connectivity index (χ0) is 20.4. The Bertz CT molecular complexity index is 1070. The highest BCUT2D eigenvalue weighted by Gasteiger charge is 2.25. The summed E-state index contributed by atoms with van der Waals surface area (Å²) in [6, 6.07) is 7.76. The molecule has 2 aromatic heterocycles. The minimum atomic E-state index is -0.493. The van der Waals surface area contributed by atoms with Crippen molar-refractivity contribution < 1.29 is 14.0 Å². The van der Waals surface area contributed by atoms with Gasteiger partial charge in [-0.2, -0.15) is 0 Å². The van der Waals surface area contributed by atoms with Crippen LogP contribution < -0.4 is 11.1 Å². The van der Waals surface area contributed by atoms with E-state index in [-0.39, 0.29) is 11.7 Å². The molecule has 3 aromatic rings. The molecule has 0 unspecified atom stereocenters. The Morgan fingerprint density at radius 3 is 2.90 bits per heavy atom. The number of hydrogen-bond donors (Lipinski definition) is 2. The Hall–Kier alpha value is -2.65. The largest absolute Gasteiger partial charge is 0.411 e. The number of nitrogens with one attached hydrogen (secondary N) is 1. The van der Waals surface area contributed by atoms with E-state index >= 15 is 0 Å². The summed E-state index contributed by atoms with van der Waals surface area (Å²) >= 11 is 2.60. The number of fused-ring (bicyclic) bond motifs is 1. The standard InChI is InChI=1S/C20H20N4O3S2/c1-11-5-4-6-12(9-11)18-23-24-20(27-18)28-10-15(25)22-19-16(17(21)26)13-7-2-3-8-14(13)29-19/h4-6,9H,2-3,7-8,10H2,1H3,(H2,21,26)(H,22,25). The molecule has 2 amide bonds. The highest BCUT2D eigenvalue weighted by molar-refractivity contribution is 7.99. The maximum atomic E-state index is 12.4. The van der Waals surface area contributed by atoms with Crippen LogP contribution in [-0.2, 0) is 17.6 Å². The van der Waals surface area contributed by atoms with Crippen molar-refractivity contribution in [2.24, 2.45) is 5.73 Å². The van der Waals surface area contributed by atoms with E-state index in [9.17, 15) is 9.59 Å². The topological polar surface area (TPSA) is 111 Å². The maximum Gasteiger partial charge on any atom is 0.277 e. The predicted molar refractivity (Wildman–Crippen MR) is 113 cm³/mol. The molecule has 29 heavy (non-hydrogen) atoms. The Morgan fingerprint density at radius 1 is 1.28 bits per heavy atom. The van der Waals surface area contributed by atoms with Crippen molar-refractivity contribution in [3.05, 3.63) is 45.8 Å². The van der Waals surface area contributed by atoms with E-state index in [1.54, 1.807) is 0 Å². The molecule has 1 aliphatic rings. The number of anilines is 1. The highest BCUT2D eigenvalue weighted by atomic mass is 32.2. The van der Waals surface area contributed by atoms with Crippen LogP contribution in [0.15, 0.2) is 33.9 Å². The number of amides is 2. The molecule has 0 fully saturated rings. The molecule has 0 bridgehead atoms. The number of thiophene rings is 1. The van der Waals surface area contributed by atoms with Crippen LogP contribution in [0.1, 0.15) is 39.2 Å². The number of nitrogens with zero attached hydrogens (tertiary/aromatic N) is 2. The van der Waals surface area contributed by atoms with Gasteiger partial charge in [0.1, 0.15) is 5.00 Å². The first-order chi connectivity index (χ1) is 14.0. The second kappa shape index (κ2) is 8.38. The Labute approximate surface area is 176 Å². The lowest BCUT2D eigenvalue weighted by Gasteiger charge is -2.11. The first-order valence-electron chi connectivity index (χ1n) is 9.29. The number of aromatic nitrogens is 2. The number of hydrogen-bond acceptors (Lipinski definition) is 7. The molecule has 0 saturated heterocycles. The summed E-state index contributed by atoms with van der Waals surface area (Å²) in [7, 11) is 0. The fourth-order valence-electron chi connectivity index (χ4n) is 3.37. The van der Waals surface area contributed by atoms with Gasteiger partial charge < -0.3 is 15.5 Å². The summed E-state index contributed by atoms with van der Waals surface area (Å²) in [5, 5.41) is 11.7. The van der Waals surface area contributed by atoms with Gasteiger partial charge in [0.2, 0.25) is 11.8 Å². The SMILES string of the molecule is Cc1cccc(-c2nnc(SCC(=O)Nc3sc4c(c3C(N)=O)CCCC4)o2)c1. The summed E-state index contributed by atoms with van der Waals surface area (Å²) in [6.07, 6.45) is 3.89. The fourth-order valence-corrected chi connectivity index (χ4v) is 5.24. The van der Waals surface area contributed by atoms with Crippen LogP contribution in [0.4, 0.5) is 5.00 Å². The zero-order valence-corrected chi connectivity index (χ0v) is 17.5. The lowest BCUT2D eigenvalue weighted by Crippen LogP contribution is -2.19. The smallest absolute Gasteiger partial charge is 0.277 e. The van der Waals surface area contributed by atoms with Gasteiger partial charge in [-0.1, -0.05) is 29.5 Å². The molecule has 7 nitrogen and oxygen atoms in total. The molecule has 0 saturated carbocycles. The van der Waals surface area contributed by atoms with Crippen molar-refractivity contribution in [2.75, 3.05) is 11.1 Å². The molecule has 2 heterocycles. The van der Waals surface area contributed by atoms with Crippen LogP contribution in [-0.4, -0.2) is 27.8 Å². The van der Waals surface area contributed by atoms with Gasteiger partial charge in [-0.15, -0.1) is 21.5 Å². The number of rotatable bonds is 6. The van der Waals surface area contributed by atoms with E-state index < -0.39 is 5.91 Å². The number of aryl methyl sites for hydroxylation is 2. The fraction of sp³-hybridized carbons (Fsp3) is 0.300. The van der Waals surface area contributed by atoms with Crippen LogP contribution in [0.2, 0.25) is 0 Å². The molecule has 1 aliphatic carbocycles. The van der Waals surface area contributed by atoms with E-state index in [0.29, 0.717) is 21.7 Å². The Morgan fingerprint density at radius 2 is 2.10 bits per heavy atom. The Kier molecular flexibility index (Phi) is 5.68. The van der Waals surface area contributed by atoms with Crippen LogP contribution in [0.3, 0.4) is 0 Å². The number of primary amides is 1. The van der Waals surface area contributed by atoms with E-state index in [4.69, 9.17) is 10.2 Å². The average molecular weight is 429 g/mol. The minimum Gasteiger partial charge on any atom is -0.411 e. The molecule has 9 heteroatoms. The van der Waals surface area contributed by atoms with Gasteiger partial charge >= 0.3 is 0 Å². The highest BCUT2D eigenvalue weighted by Crippen LogP contribution is 2.38. The van der Waals surface area contributed by atoms with E-state index in [1.807, 2.05) is 31.2 Å². The third-order valence-corrected chi connectivity index (χ3v) is 6.69. The first-order valence-corrected chi connectivity index (χ1v) is 11.1. The summed E-state index contributed by atoms with van der Waals surface area (Å²) < 4.78 is 5.64. The molecule has 150 valence electrons.